The molecule has 0 saturated heterocycles. The van der Waals surface area contributed by atoms with Gasteiger partial charge in [-0.25, -0.2) is 0 Å². The van der Waals surface area contributed by atoms with E-state index in [9.17, 15) is 0 Å². The standard InChI is InChI=1S/C22H48N2.2C5H12/c1-5-9-17-23(18-10-6-2)21-15-13-14-16-22-24(19-11-7-3)20-12-8-4;2*1-3-5-4-2/h5-22H2,1-4H3;2*3-5H2,1-2H3. The van der Waals surface area contributed by atoms with Crippen LogP contribution in [0, 0.1) is 0 Å². The molecule has 0 unspecified atom stereocenters. The predicted octanol–water partition coefficient (Wildman–Crippen LogP) is 10.7. The minimum absolute atomic E-state index is 1.32. The minimum Gasteiger partial charge on any atom is -0.303 e. The van der Waals surface area contributed by atoms with Crippen LogP contribution in [-0.4, -0.2) is 49.1 Å². The van der Waals surface area contributed by atoms with Crippen LogP contribution in [0.5, 0.6) is 0 Å². The minimum atomic E-state index is 1.32. The smallest absolute Gasteiger partial charge is 0.00187 e. The summed E-state index contributed by atoms with van der Waals surface area (Å²) < 4.78 is 0. The van der Waals surface area contributed by atoms with Crippen molar-refractivity contribution in [3.8, 4) is 0 Å². The van der Waals surface area contributed by atoms with Gasteiger partial charge in [0.15, 0.2) is 0 Å². The second kappa shape index (κ2) is 37.5. The molecule has 0 aliphatic rings. The fourth-order valence-corrected chi connectivity index (χ4v) is 3.93. The molecule has 0 spiro atoms. The number of hydrogen-bond donors (Lipinski definition) is 0. The molecule has 210 valence electrons. The SMILES string of the molecule is CCCCC.CCCCC.CCCCN(CCCC)CCCCCCN(CCCC)CCCC. The summed E-state index contributed by atoms with van der Waals surface area (Å²) in [5.74, 6) is 0. The van der Waals surface area contributed by atoms with Crippen LogP contribution in [0.25, 0.3) is 0 Å². The fourth-order valence-electron chi connectivity index (χ4n) is 3.93. The van der Waals surface area contributed by atoms with Crippen molar-refractivity contribution in [2.24, 2.45) is 0 Å². The van der Waals surface area contributed by atoms with Crippen molar-refractivity contribution < 1.29 is 0 Å². The van der Waals surface area contributed by atoms with E-state index in [0.29, 0.717) is 0 Å². The Bertz CT molecular complexity index is 255. The Morgan fingerprint density at radius 1 is 0.235 bits per heavy atom. The van der Waals surface area contributed by atoms with Gasteiger partial charge in [-0.3, -0.25) is 0 Å². The highest BCUT2D eigenvalue weighted by molar-refractivity contribution is 4.61. The van der Waals surface area contributed by atoms with Crippen molar-refractivity contribution >= 4 is 0 Å². The van der Waals surface area contributed by atoms with Crippen LogP contribution >= 0.6 is 0 Å². The van der Waals surface area contributed by atoms with Crippen molar-refractivity contribution in [3.63, 3.8) is 0 Å². The summed E-state index contributed by atoms with van der Waals surface area (Å²) >= 11 is 0. The molecule has 0 aromatic rings. The zero-order chi connectivity index (χ0) is 26.1. The molecule has 0 aliphatic carbocycles. The van der Waals surface area contributed by atoms with E-state index in [1.54, 1.807) is 0 Å². The maximum absolute atomic E-state index is 2.71. The van der Waals surface area contributed by atoms with E-state index < -0.39 is 0 Å². The van der Waals surface area contributed by atoms with Gasteiger partial charge in [-0.15, -0.1) is 0 Å². The average molecular weight is 485 g/mol. The summed E-state index contributed by atoms with van der Waals surface area (Å²) in [5, 5.41) is 0. The molecule has 0 rings (SSSR count). The van der Waals surface area contributed by atoms with Crippen LogP contribution in [0.1, 0.15) is 171 Å². The van der Waals surface area contributed by atoms with Gasteiger partial charge in [0.05, 0.1) is 0 Å². The molecule has 2 heteroatoms. The lowest BCUT2D eigenvalue weighted by atomic mass is 10.1. The third-order valence-corrected chi connectivity index (χ3v) is 6.42. The maximum Gasteiger partial charge on any atom is -0.00187 e. The van der Waals surface area contributed by atoms with Crippen LogP contribution in [0.2, 0.25) is 0 Å². The van der Waals surface area contributed by atoms with Crippen molar-refractivity contribution in [3.05, 3.63) is 0 Å². The largest absolute Gasteiger partial charge is 0.303 e. The zero-order valence-corrected chi connectivity index (χ0v) is 25.9. The van der Waals surface area contributed by atoms with Crippen LogP contribution in [0.4, 0.5) is 0 Å². The predicted molar refractivity (Wildman–Crippen MR) is 161 cm³/mol. The molecule has 0 aromatic heterocycles. The lowest BCUT2D eigenvalue weighted by Crippen LogP contribution is -2.28. The van der Waals surface area contributed by atoms with Gasteiger partial charge in [-0.05, 0) is 77.8 Å². The molecule has 0 bridgehead atoms. The third kappa shape index (κ3) is 36.5. The second-order valence-electron chi connectivity index (χ2n) is 10.2. The van der Waals surface area contributed by atoms with Gasteiger partial charge < -0.3 is 9.80 Å². The maximum atomic E-state index is 2.71. The first-order chi connectivity index (χ1) is 16.6. The molecule has 0 heterocycles. The summed E-state index contributed by atoms with van der Waals surface area (Å²) in [6.07, 6.45) is 24.6. The van der Waals surface area contributed by atoms with Crippen molar-refractivity contribution in [2.75, 3.05) is 39.3 Å². The Morgan fingerprint density at radius 2 is 0.441 bits per heavy atom. The molecule has 34 heavy (non-hydrogen) atoms. The van der Waals surface area contributed by atoms with Crippen molar-refractivity contribution in [1.82, 2.24) is 9.80 Å². The van der Waals surface area contributed by atoms with E-state index in [0.717, 1.165) is 0 Å². The number of hydrogen-bond acceptors (Lipinski definition) is 2. The summed E-state index contributed by atoms with van der Waals surface area (Å²) in [5.41, 5.74) is 0. The molecule has 0 fully saturated rings. The highest BCUT2D eigenvalue weighted by atomic mass is 15.1. The Balaban J connectivity index is -0.000000799. The van der Waals surface area contributed by atoms with Gasteiger partial charge in [0.25, 0.3) is 0 Å². The highest BCUT2D eigenvalue weighted by Gasteiger charge is 2.05. The van der Waals surface area contributed by atoms with Gasteiger partial charge in [-0.2, -0.15) is 0 Å². The first-order valence-corrected chi connectivity index (χ1v) is 16.1. The molecular weight excluding hydrogens is 412 g/mol. The van der Waals surface area contributed by atoms with E-state index in [1.165, 1.54) is 155 Å². The third-order valence-electron chi connectivity index (χ3n) is 6.42. The summed E-state index contributed by atoms with van der Waals surface area (Å²) in [6, 6.07) is 0. The first-order valence-electron chi connectivity index (χ1n) is 16.1. The molecule has 0 amide bonds. The summed E-state index contributed by atoms with van der Waals surface area (Å²) in [7, 11) is 0. The van der Waals surface area contributed by atoms with E-state index in [1.807, 2.05) is 0 Å². The quantitative estimate of drug-likeness (QED) is 0.133. The lowest BCUT2D eigenvalue weighted by Gasteiger charge is -2.23. The fraction of sp³-hybridized carbons (Fsp3) is 1.00. The normalized spacial score (nSPS) is 10.8. The molecule has 0 aliphatic heterocycles. The zero-order valence-electron chi connectivity index (χ0n) is 25.9. The van der Waals surface area contributed by atoms with Gasteiger partial charge in [0.2, 0.25) is 0 Å². The van der Waals surface area contributed by atoms with E-state index in [2.05, 4.69) is 65.2 Å². The Morgan fingerprint density at radius 3 is 0.618 bits per heavy atom. The van der Waals surface area contributed by atoms with Crippen LogP contribution in [0.3, 0.4) is 0 Å². The van der Waals surface area contributed by atoms with E-state index >= 15 is 0 Å². The van der Waals surface area contributed by atoms with Crippen LogP contribution in [-0.2, 0) is 0 Å². The summed E-state index contributed by atoms with van der Waals surface area (Å²) in [4.78, 5) is 5.42. The van der Waals surface area contributed by atoms with Gasteiger partial charge in [-0.1, -0.05) is 132 Å². The Kier molecular flexibility index (Phi) is 42.4. The van der Waals surface area contributed by atoms with Crippen LogP contribution in [0.15, 0.2) is 0 Å². The number of nitrogens with zero attached hydrogens (tertiary/aromatic N) is 2. The first kappa shape index (κ1) is 38.5. The van der Waals surface area contributed by atoms with E-state index in [4.69, 9.17) is 0 Å². The molecule has 0 radical (unpaired) electrons. The molecular formula is C32H72N2. The van der Waals surface area contributed by atoms with Gasteiger partial charge >= 0.3 is 0 Å². The number of unbranched alkanes of at least 4 members (excludes halogenated alkanes) is 11. The topological polar surface area (TPSA) is 6.48 Å². The Hall–Kier alpha value is -0.0800. The second-order valence-corrected chi connectivity index (χ2v) is 10.2. The lowest BCUT2D eigenvalue weighted by molar-refractivity contribution is 0.248. The summed E-state index contributed by atoms with van der Waals surface area (Å²) in [6.45, 7) is 26.0. The molecule has 0 aromatic carbocycles. The van der Waals surface area contributed by atoms with Crippen molar-refractivity contribution in [2.45, 2.75) is 171 Å². The molecule has 2 nitrogen and oxygen atoms in total. The molecule has 0 N–H and O–H groups in total. The molecule has 0 saturated carbocycles. The highest BCUT2D eigenvalue weighted by Crippen LogP contribution is 2.07. The number of rotatable bonds is 23. The van der Waals surface area contributed by atoms with Crippen LogP contribution < -0.4 is 0 Å². The molecule has 0 atom stereocenters. The monoisotopic (exact) mass is 485 g/mol. The average Bonchev–Trinajstić information content (AvgIpc) is 2.85. The Labute approximate surface area is 220 Å². The van der Waals surface area contributed by atoms with Gasteiger partial charge in [0, 0.05) is 0 Å². The van der Waals surface area contributed by atoms with E-state index in [-0.39, 0.29) is 0 Å². The van der Waals surface area contributed by atoms with Gasteiger partial charge in [0.1, 0.15) is 0 Å². The van der Waals surface area contributed by atoms with Crippen molar-refractivity contribution in [1.29, 1.82) is 0 Å².